The third-order valence-corrected chi connectivity index (χ3v) is 5.68. The van der Waals surface area contributed by atoms with Crippen LogP contribution in [0.15, 0.2) is 17.3 Å². The Labute approximate surface area is 129 Å². The molecule has 1 N–H and O–H groups in total. The summed E-state index contributed by atoms with van der Waals surface area (Å²) in [5, 5.41) is 4.13. The van der Waals surface area contributed by atoms with Crippen LogP contribution in [0.2, 0.25) is 0 Å². The SMILES string of the molecule is Cc1cnc(C2COCCN2S(=O)(=O)c2cn(C)nc2C)[nH]1. The van der Waals surface area contributed by atoms with Crippen LogP contribution in [0.1, 0.15) is 23.3 Å². The number of morpholine rings is 1. The second-order valence-electron chi connectivity index (χ2n) is 5.41. The Kier molecular flexibility index (Phi) is 3.79. The average Bonchev–Trinajstić information content (AvgIpc) is 3.05. The topological polar surface area (TPSA) is 93.1 Å². The lowest BCUT2D eigenvalue weighted by Crippen LogP contribution is -2.43. The molecule has 0 bridgehead atoms. The average molecular weight is 325 g/mol. The molecule has 120 valence electrons. The van der Waals surface area contributed by atoms with Gasteiger partial charge in [-0.15, -0.1) is 0 Å². The first-order valence-corrected chi connectivity index (χ1v) is 8.45. The largest absolute Gasteiger partial charge is 0.378 e. The van der Waals surface area contributed by atoms with Gasteiger partial charge in [-0.05, 0) is 13.8 Å². The Morgan fingerprint density at radius 1 is 1.41 bits per heavy atom. The van der Waals surface area contributed by atoms with E-state index in [9.17, 15) is 8.42 Å². The number of aromatic nitrogens is 4. The molecule has 2 aromatic heterocycles. The van der Waals surface area contributed by atoms with E-state index in [1.54, 1.807) is 20.2 Å². The first-order chi connectivity index (χ1) is 10.4. The van der Waals surface area contributed by atoms with Crippen LogP contribution in [-0.2, 0) is 21.8 Å². The summed E-state index contributed by atoms with van der Waals surface area (Å²) < 4.78 is 34.4. The van der Waals surface area contributed by atoms with Crippen LogP contribution in [0.3, 0.4) is 0 Å². The highest BCUT2D eigenvalue weighted by Gasteiger charge is 2.38. The molecular formula is C13H19N5O3S. The van der Waals surface area contributed by atoms with Crippen molar-refractivity contribution in [3.63, 3.8) is 0 Å². The van der Waals surface area contributed by atoms with Gasteiger partial charge in [-0.3, -0.25) is 4.68 Å². The molecule has 0 aromatic carbocycles. The van der Waals surface area contributed by atoms with Crippen molar-refractivity contribution >= 4 is 10.0 Å². The molecule has 0 saturated carbocycles. The normalized spacial score (nSPS) is 20.4. The number of nitrogens with zero attached hydrogens (tertiary/aromatic N) is 4. The van der Waals surface area contributed by atoms with Gasteiger partial charge in [0.1, 0.15) is 16.8 Å². The number of ether oxygens (including phenoxy) is 1. The summed E-state index contributed by atoms with van der Waals surface area (Å²) in [5.74, 6) is 0.599. The van der Waals surface area contributed by atoms with Crippen molar-refractivity contribution in [1.29, 1.82) is 0 Å². The van der Waals surface area contributed by atoms with Gasteiger partial charge in [0.25, 0.3) is 0 Å². The van der Waals surface area contributed by atoms with E-state index < -0.39 is 16.1 Å². The standard InChI is InChI=1S/C13H19N5O3S/c1-9-6-14-13(15-9)11-8-21-5-4-18(11)22(19,20)12-7-17(3)16-10(12)2/h6-7,11H,4-5,8H2,1-3H3,(H,14,15). The first-order valence-electron chi connectivity index (χ1n) is 7.01. The van der Waals surface area contributed by atoms with E-state index in [0.29, 0.717) is 24.7 Å². The highest BCUT2D eigenvalue weighted by Crippen LogP contribution is 2.29. The van der Waals surface area contributed by atoms with Gasteiger partial charge in [0.2, 0.25) is 10.0 Å². The maximum atomic E-state index is 13.0. The Hall–Kier alpha value is -1.71. The maximum Gasteiger partial charge on any atom is 0.247 e. The fourth-order valence-electron chi connectivity index (χ4n) is 2.65. The fraction of sp³-hybridized carbons (Fsp3) is 0.538. The van der Waals surface area contributed by atoms with Crippen molar-refractivity contribution in [3.05, 3.63) is 29.6 Å². The number of H-pyrrole nitrogens is 1. The molecule has 22 heavy (non-hydrogen) atoms. The van der Waals surface area contributed by atoms with E-state index in [1.165, 1.54) is 15.2 Å². The minimum atomic E-state index is -3.65. The van der Waals surface area contributed by atoms with Crippen molar-refractivity contribution in [3.8, 4) is 0 Å². The van der Waals surface area contributed by atoms with E-state index in [4.69, 9.17) is 4.74 Å². The zero-order chi connectivity index (χ0) is 15.9. The molecule has 1 saturated heterocycles. The first kappa shape index (κ1) is 15.2. The minimum absolute atomic E-state index is 0.227. The van der Waals surface area contributed by atoms with Crippen LogP contribution in [0.5, 0.6) is 0 Å². The van der Waals surface area contributed by atoms with Gasteiger partial charge in [0.15, 0.2) is 0 Å². The summed E-state index contributed by atoms with van der Waals surface area (Å²) in [6, 6.07) is -0.452. The van der Waals surface area contributed by atoms with Crippen molar-refractivity contribution in [1.82, 2.24) is 24.1 Å². The third-order valence-electron chi connectivity index (χ3n) is 3.67. The summed E-state index contributed by atoms with van der Waals surface area (Å²) in [7, 11) is -1.94. The van der Waals surface area contributed by atoms with Crippen LogP contribution in [0, 0.1) is 13.8 Å². The number of hydrogen-bond acceptors (Lipinski definition) is 5. The molecule has 1 aliphatic heterocycles. The molecule has 0 radical (unpaired) electrons. The Bertz CT molecular complexity index is 779. The summed E-state index contributed by atoms with van der Waals surface area (Å²) in [6.07, 6.45) is 3.22. The lowest BCUT2D eigenvalue weighted by molar-refractivity contribution is 0.0292. The summed E-state index contributed by atoms with van der Waals surface area (Å²) in [5.41, 5.74) is 1.37. The molecular weight excluding hydrogens is 306 g/mol. The molecule has 8 nitrogen and oxygen atoms in total. The zero-order valence-electron chi connectivity index (χ0n) is 12.8. The van der Waals surface area contributed by atoms with Gasteiger partial charge in [0.05, 0.1) is 18.9 Å². The van der Waals surface area contributed by atoms with Crippen molar-refractivity contribution < 1.29 is 13.2 Å². The summed E-state index contributed by atoms with van der Waals surface area (Å²) in [6.45, 7) is 4.52. The number of hydrogen-bond donors (Lipinski definition) is 1. The maximum absolute atomic E-state index is 13.0. The lowest BCUT2D eigenvalue weighted by atomic mass is 10.2. The monoisotopic (exact) mass is 325 g/mol. The highest BCUT2D eigenvalue weighted by molar-refractivity contribution is 7.89. The quantitative estimate of drug-likeness (QED) is 0.888. The number of aryl methyl sites for hydroxylation is 3. The van der Waals surface area contributed by atoms with E-state index in [2.05, 4.69) is 15.1 Å². The van der Waals surface area contributed by atoms with E-state index in [1.807, 2.05) is 6.92 Å². The van der Waals surface area contributed by atoms with Crippen molar-refractivity contribution in [2.75, 3.05) is 19.8 Å². The van der Waals surface area contributed by atoms with Crippen LogP contribution in [0.4, 0.5) is 0 Å². The van der Waals surface area contributed by atoms with Crippen molar-refractivity contribution in [2.24, 2.45) is 7.05 Å². The molecule has 0 spiro atoms. The zero-order valence-corrected chi connectivity index (χ0v) is 13.6. The van der Waals surface area contributed by atoms with E-state index >= 15 is 0 Å². The third kappa shape index (κ3) is 2.55. The number of aromatic amines is 1. The van der Waals surface area contributed by atoms with Crippen LogP contribution in [0.25, 0.3) is 0 Å². The fourth-order valence-corrected chi connectivity index (χ4v) is 4.41. The molecule has 0 aliphatic carbocycles. The lowest BCUT2D eigenvalue weighted by Gasteiger charge is -2.33. The Balaban J connectivity index is 2.01. The van der Waals surface area contributed by atoms with Gasteiger partial charge < -0.3 is 9.72 Å². The Morgan fingerprint density at radius 2 is 2.18 bits per heavy atom. The highest BCUT2D eigenvalue weighted by atomic mass is 32.2. The number of rotatable bonds is 3. The molecule has 3 rings (SSSR count). The predicted octanol–water partition coefficient (Wildman–Crippen LogP) is 0.522. The van der Waals surface area contributed by atoms with Crippen LogP contribution in [-0.4, -0.2) is 52.2 Å². The van der Waals surface area contributed by atoms with Gasteiger partial charge in [0, 0.05) is 31.7 Å². The van der Waals surface area contributed by atoms with Gasteiger partial charge in [-0.2, -0.15) is 9.40 Å². The van der Waals surface area contributed by atoms with Gasteiger partial charge in [-0.25, -0.2) is 13.4 Å². The molecule has 1 unspecified atom stereocenters. The summed E-state index contributed by atoms with van der Waals surface area (Å²) in [4.78, 5) is 7.59. The Morgan fingerprint density at radius 3 is 2.77 bits per heavy atom. The molecule has 1 aliphatic rings. The van der Waals surface area contributed by atoms with Gasteiger partial charge >= 0.3 is 0 Å². The van der Waals surface area contributed by atoms with Crippen LogP contribution < -0.4 is 0 Å². The number of nitrogens with one attached hydrogen (secondary N) is 1. The molecule has 3 heterocycles. The second kappa shape index (κ2) is 5.49. The predicted molar refractivity (Wildman–Crippen MR) is 78.7 cm³/mol. The van der Waals surface area contributed by atoms with Crippen molar-refractivity contribution in [2.45, 2.75) is 24.8 Å². The molecule has 9 heteroatoms. The van der Waals surface area contributed by atoms with Crippen LogP contribution >= 0.6 is 0 Å². The second-order valence-corrected chi connectivity index (χ2v) is 7.27. The number of imidazole rings is 1. The molecule has 1 fully saturated rings. The van der Waals surface area contributed by atoms with E-state index in [-0.39, 0.29) is 11.5 Å². The van der Waals surface area contributed by atoms with Gasteiger partial charge in [-0.1, -0.05) is 0 Å². The molecule has 2 aromatic rings. The minimum Gasteiger partial charge on any atom is -0.378 e. The summed E-state index contributed by atoms with van der Waals surface area (Å²) >= 11 is 0. The smallest absolute Gasteiger partial charge is 0.247 e. The number of sulfonamides is 1. The molecule has 0 amide bonds. The molecule has 1 atom stereocenters. The van der Waals surface area contributed by atoms with E-state index in [0.717, 1.165) is 5.69 Å².